The number of carbonyl (C=O) groups excluding carboxylic acids is 1. The summed E-state index contributed by atoms with van der Waals surface area (Å²) in [7, 11) is -3.51. The molecule has 1 aromatic carbocycles. The lowest BCUT2D eigenvalue weighted by molar-refractivity contribution is -0.137. The summed E-state index contributed by atoms with van der Waals surface area (Å²) in [5, 5.41) is 5.57. The highest BCUT2D eigenvalue weighted by atomic mass is 32.2. The number of rotatable bonds is 8. The molecule has 0 saturated carbocycles. The Kier molecular flexibility index (Phi) is 7.10. The van der Waals surface area contributed by atoms with Gasteiger partial charge in [0.1, 0.15) is 11.9 Å². The van der Waals surface area contributed by atoms with E-state index in [0.717, 1.165) is 18.7 Å². The van der Waals surface area contributed by atoms with Crippen molar-refractivity contribution in [2.75, 3.05) is 31.1 Å². The van der Waals surface area contributed by atoms with Crippen LogP contribution >= 0.6 is 0 Å². The molecule has 0 bridgehead atoms. The summed E-state index contributed by atoms with van der Waals surface area (Å²) in [5.41, 5.74) is -0.795. The number of sulfone groups is 1. The number of ether oxygens (including phenoxy) is 1. The molecule has 27 heavy (non-hydrogen) atoms. The van der Waals surface area contributed by atoms with E-state index in [-0.39, 0.29) is 35.6 Å². The minimum atomic E-state index is -4.44. The second-order valence-electron chi connectivity index (χ2n) is 6.53. The van der Waals surface area contributed by atoms with Gasteiger partial charge in [-0.05, 0) is 37.2 Å². The highest BCUT2D eigenvalue weighted by Gasteiger charge is 2.32. The Bertz CT molecular complexity index is 730. The number of alkyl halides is 3. The Morgan fingerprint density at radius 1 is 1.33 bits per heavy atom. The predicted molar refractivity (Wildman–Crippen MR) is 94.2 cm³/mol. The van der Waals surface area contributed by atoms with Crippen LogP contribution in [-0.2, 0) is 20.8 Å². The van der Waals surface area contributed by atoms with E-state index in [1.807, 2.05) is 0 Å². The van der Waals surface area contributed by atoms with Crippen molar-refractivity contribution in [2.45, 2.75) is 25.6 Å². The van der Waals surface area contributed by atoms with E-state index in [1.165, 1.54) is 19.1 Å². The summed E-state index contributed by atoms with van der Waals surface area (Å²) < 4.78 is 68.5. The molecule has 10 heteroatoms. The SMILES string of the molecule is CC(=O)NCCS(=O)(=O)C[C@@H](Oc1ccc(C(F)(F)F)cc1)C1CCNC1. The smallest absolute Gasteiger partial charge is 0.416 e. The van der Waals surface area contributed by atoms with Crippen LogP contribution in [0.4, 0.5) is 13.2 Å². The number of hydrogen-bond donors (Lipinski definition) is 2. The molecular weight excluding hydrogens is 385 g/mol. The number of nitrogens with one attached hydrogen (secondary N) is 2. The van der Waals surface area contributed by atoms with Crippen LogP contribution in [0.2, 0.25) is 0 Å². The van der Waals surface area contributed by atoms with E-state index in [0.29, 0.717) is 13.0 Å². The van der Waals surface area contributed by atoms with Gasteiger partial charge >= 0.3 is 6.18 Å². The fourth-order valence-corrected chi connectivity index (χ4v) is 4.29. The first kappa shape index (κ1) is 21.5. The number of carbonyl (C=O) groups is 1. The summed E-state index contributed by atoms with van der Waals surface area (Å²) in [4.78, 5) is 10.9. The summed E-state index contributed by atoms with van der Waals surface area (Å²) >= 11 is 0. The second-order valence-corrected chi connectivity index (χ2v) is 8.76. The third-order valence-corrected chi connectivity index (χ3v) is 5.96. The fraction of sp³-hybridized carbons (Fsp3) is 0.588. The van der Waals surface area contributed by atoms with Crippen molar-refractivity contribution < 1.29 is 31.1 Å². The molecule has 1 aliphatic heterocycles. The number of amides is 1. The maximum atomic E-state index is 12.7. The summed E-state index contributed by atoms with van der Waals surface area (Å²) in [6.45, 7) is 2.61. The van der Waals surface area contributed by atoms with Crippen LogP contribution < -0.4 is 15.4 Å². The number of hydrogen-bond acceptors (Lipinski definition) is 5. The minimum Gasteiger partial charge on any atom is -0.489 e. The molecule has 152 valence electrons. The summed E-state index contributed by atoms with van der Waals surface area (Å²) in [5.74, 6) is -0.679. The zero-order valence-corrected chi connectivity index (χ0v) is 15.7. The van der Waals surface area contributed by atoms with Gasteiger partial charge in [-0.2, -0.15) is 13.2 Å². The predicted octanol–water partition coefficient (Wildman–Crippen LogP) is 1.61. The van der Waals surface area contributed by atoms with Gasteiger partial charge in [-0.15, -0.1) is 0 Å². The molecule has 0 aliphatic carbocycles. The first-order valence-corrected chi connectivity index (χ1v) is 10.4. The van der Waals surface area contributed by atoms with Gasteiger partial charge in [-0.1, -0.05) is 0 Å². The molecule has 2 rings (SSSR count). The van der Waals surface area contributed by atoms with Crippen molar-refractivity contribution >= 4 is 15.7 Å². The zero-order chi connectivity index (χ0) is 20.1. The largest absolute Gasteiger partial charge is 0.489 e. The standard InChI is InChI=1S/C17H23F3N2O4S/c1-12(23)22-8-9-27(24,25)11-16(13-6-7-21-10-13)26-15-4-2-14(3-5-15)17(18,19)20/h2-5,13,16,21H,6-11H2,1H3,(H,22,23)/t13?,16-/m1/s1. The van der Waals surface area contributed by atoms with Gasteiger partial charge in [0.2, 0.25) is 5.91 Å². The highest BCUT2D eigenvalue weighted by Crippen LogP contribution is 2.31. The van der Waals surface area contributed by atoms with Crippen molar-refractivity contribution in [1.82, 2.24) is 10.6 Å². The van der Waals surface area contributed by atoms with E-state index in [1.54, 1.807) is 0 Å². The topological polar surface area (TPSA) is 84.5 Å². The first-order chi connectivity index (χ1) is 12.6. The van der Waals surface area contributed by atoms with Crippen molar-refractivity contribution in [3.05, 3.63) is 29.8 Å². The molecule has 0 aromatic heterocycles. The van der Waals surface area contributed by atoms with Crippen LogP contribution in [0.15, 0.2) is 24.3 Å². The van der Waals surface area contributed by atoms with Gasteiger partial charge in [0.05, 0.1) is 17.1 Å². The van der Waals surface area contributed by atoms with E-state index in [2.05, 4.69) is 10.6 Å². The molecule has 6 nitrogen and oxygen atoms in total. The second kappa shape index (κ2) is 8.92. The van der Waals surface area contributed by atoms with E-state index in [9.17, 15) is 26.4 Å². The highest BCUT2D eigenvalue weighted by molar-refractivity contribution is 7.91. The van der Waals surface area contributed by atoms with Gasteiger partial charge in [-0.3, -0.25) is 4.79 Å². The van der Waals surface area contributed by atoms with Gasteiger partial charge in [0.25, 0.3) is 0 Å². The molecule has 2 N–H and O–H groups in total. The van der Waals surface area contributed by atoms with Crippen LogP contribution in [0.25, 0.3) is 0 Å². The average Bonchev–Trinajstić information content (AvgIpc) is 3.07. The van der Waals surface area contributed by atoms with Gasteiger partial charge in [0.15, 0.2) is 9.84 Å². The number of halogens is 3. The third kappa shape index (κ3) is 7.02. The van der Waals surface area contributed by atoms with E-state index < -0.39 is 27.7 Å². The molecule has 1 unspecified atom stereocenters. The Balaban J connectivity index is 2.07. The van der Waals surface area contributed by atoms with Crippen molar-refractivity contribution in [2.24, 2.45) is 5.92 Å². The fourth-order valence-electron chi connectivity index (χ4n) is 2.87. The summed E-state index contributed by atoms with van der Waals surface area (Å²) in [6, 6.07) is 4.21. The van der Waals surface area contributed by atoms with Gasteiger partial charge in [0, 0.05) is 25.9 Å². The lowest BCUT2D eigenvalue weighted by Gasteiger charge is -2.24. The Hall–Kier alpha value is -1.81. The molecule has 1 amide bonds. The Morgan fingerprint density at radius 2 is 2.00 bits per heavy atom. The molecular formula is C17H23F3N2O4S. The molecule has 1 heterocycles. The van der Waals surface area contributed by atoms with Crippen molar-refractivity contribution in [3.8, 4) is 5.75 Å². The molecule has 1 aromatic rings. The minimum absolute atomic E-state index is 0.00752. The lowest BCUT2D eigenvalue weighted by atomic mass is 10.0. The third-order valence-electron chi connectivity index (χ3n) is 4.30. The average molecular weight is 408 g/mol. The van der Waals surface area contributed by atoms with Crippen LogP contribution in [0, 0.1) is 5.92 Å². The maximum Gasteiger partial charge on any atom is 0.416 e. The van der Waals surface area contributed by atoms with Crippen molar-refractivity contribution in [1.29, 1.82) is 0 Å². The molecule has 0 radical (unpaired) electrons. The van der Waals surface area contributed by atoms with Crippen LogP contribution in [0.3, 0.4) is 0 Å². The quantitative estimate of drug-likeness (QED) is 0.683. The normalized spacial score (nSPS) is 18.9. The number of benzene rings is 1. The monoisotopic (exact) mass is 408 g/mol. The summed E-state index contributed by atoms with van der Waals surface area (Å²) in [6.07, 6.45) is -4.41. The molecule has 1 fully saturated rings. The molecule has 0 spiro atoms. The molecule has 1 aliphatic rings. The first-order valence-electron chi connectivity index (χ1n) is 8.56. The Morgan fingerprint density at radius 3 is 2.52 bits per heavy atom. The van der Waals surface area contributed by atoms with Crippen molar-refractivity contribution in [3.63, 3.8) is 0 Å². The van der Waals surface area contributed by atoms with E-state index in [4.69, 9.17) is 4.74 Å². The van der Waals surface area contributed by atoms with Crippen LogP contribution in [0.1, 0.15) is 18.9 Å². The zero-order valence-electron chi connectivity index (χ0n) is 14.9. The molecule has 2 atom stereocenters. The van der Waals surface area contributed by atoms with Crippen LogP contribution in [0.5, 0.6) is 5.75 Å². The lowest BCUT2D eigenvalue weighted by Crippen LogP contribution is -2.38. The van der Waals surface area contributed by atoms with Gasteiger partial charge in [-0.25, -0.2) is 8.42 Å². The van der Waals surface area contributed by atoms with E-state index >= 15 is 0 Å². The Labute approximate surface area is 156 Å². The van der Waals surface area contributed by atoms with Crippen LogP contribution in [-0.4, -0.2) is 51.6 Å². The van der Waals surface area contributed by atoms with Gasteiger partial charge < -0.3 is 15.4 Å². The maximum absolute atomic E-state index is 12.7. The molecule has 1 saturated heterocycles.